The molecule has 0 radical (unpaired) electrons. The molecule has 0 saturated heterocycles. The van der Waals surface area contributed by atoms with Crippen molar-refractivity contribution in [3.8, 4) is 0 Å². The largest absolute Gasteiger partial charge is 0.478 e. The molecule has 2 N–H and O–H groups in total. The molecule has 3 nitrogen and oxygen atoms in total. The van der Waals surface area contributed by atoms with E-state index in [0.29, 0.717) is 0 Å². The van der Waals surface area contributed by atoms with E-state index < -0.39 is 5.97 Å². The van der Waals surface area contributed by atoms with Gasteiger partial charge >= 0.3 is 5.97 Å². The van der Waals surface area contributed by atoms with E-state index in [4.69, 9.17) is 5.11 Å². The fourth-order valence-electron chi connectivity index (χ4n) is 1.55. The van der Waals surface area contributed by atoms with Gasteiger partial charge < -0.3 is 10.1 Å². The fraction of sp³-hybridized carbons (Fsp3) is 0.0833. The summed E-state index contributed by atoms with van der Waals surface area (Å²) in [5, 5.41) is 9.64. The Labute approximate surface area is 87.0 Å². The van der Waals surface area contributed by atoms with Crippen molar-refractivity contribution in [2.24, 2.45) is 0 Å². The van der Waals surface area contributed by atoms with E-state index in [0.717, 1.165) is 28.1 Å². The molecule has 0 spiro atoms. The van der Waals surface area contributed by atoms with Gasteiger partial charge in [0.1, 0.15) is 0 Å². The molecule has 1 aromatic carbocycles. The number of carboxylic acids is 1. The Morgan fingerprint density at radius 3 is 3.00 bits per heavy atom. The lowest BCUT2D eigenvalue weighted by Crippen LogP contribution is -1.85. The molecule has 1 aromatic heterocycles. The van der Waals surface area contributed by atoms with Crippen LogP contribution in [0.5, 0.6) is 0 Å². The van der Waals surface area contributed by atoms with E-state index in [1.807, 2.05) is 31.3 Å². The first kappa shape index (κ1) is 9.52. The molecule has 0 fully saturated rings. The van der Waals surface area contributed by atoms with Gasteiger partial charge in [-0.25, -0.2) is 4.79 Å². The molecule has 0 saturated carbocycles. The number of aromatic amines is 1. The number of hydrogen-bond donors (Lipinski definition) is 2. The SMILES string of the molecule is Cc1c[nH]c2ccc(/C=C/C(=O)O)cc12. The highest BCUT2D eigenvalue weighted by atomic mass is 16.4. The monoisotopic (exact) mass is 201 g/mol. The summed E-state index contributed by atoms with van der Waals surface area (Å²) in [7, 11) is 0. The zero-order valence-electron chi connectivity index (χ0n) is 8.32. The number of nitrogens with one attached hydrogen (secondary N) is 1. The Kier molecular flexibility index (Phi) is 2.29. The summed E-state index contributed by atoms with van der Waals surface area (Å²) in [5.74, 6) is -0.930. The summed E-state index contributed by atoms with van der Waals surface area (Å²) in [6.45, 7) is 2.02. The van der Waals surface area contributed by atoms with E-state index in [-0.39, 0.29) is 0 Å². The smallest absolute Gasteiger partial charge is 0.328 e. The third kappa shape index (κ3) is 1.91. The maximum Gasteiger partial charge on any atom is 0.328 e. The van der Waals surface area contributed by atoms with Crippen molar-refractivity contribution in [2.45, 2.75) is 6.92 Å². The number of carbonyl (C=O) groups is 1. The lowest BCUT2D eigenvalue weighted by atomic mass is 10.1. The predicted molar refractivity (Wildman–Crippen MR) is 59.7 cm³/mol. The van der Waals surface area contributed by atoms with Crippen LogP contribution < -0.4 is 0 Å². The van der Waals surface area contributed by atoms with Crippen LogP contribution in [0.3, 0.4) is 0 Å². The normalized spacial score (nSPS) is 11.3. The molecule has 0 aliphatic rings. The van der Waals surface area contributed by atoms with Crippen LogP contribution in [-0.2, 0) is 4.79 Å². The summed E-state index contributed by atoms with van der Waals surface area (Å²) in [6, 6.07) is 5.81. The molecule has 1 heterocycles. The van der Waals surface area contributed by atoms with Gasteiger partial charge in [0, 0.05) is 23.2 Å². The average Bonchev–Trinajstić information content (AvgIpc) is 2.57. The first-order valence-electron chi connectivity index (χ1n) is 4.65. The molecule has 0 bridgehead atoms. The third-order valence-electron chi connectivity index (χ3n) is 2.33. The number of fused-ring (bicyclic) bond motifs is 1. The first-order valence-corrected chi connectivity index (χ1v) is 4.65. The molecule has 0 unspecified atom stereocenters. The summed E-state index contributed by atoms with van der Waals surface area (Å²) < 4.78 is 0. The number of rotatable bonds is 2. The summed E-state index contributed by atoms with van der Waals surface area (Å²) in [6.07, 6.45) is 4.67. The molecule has 0 atom stereocenters. The van der Waals surface area contributed by atoms with Crippen molar-refractivity contribution in [3.05, 3.63) is 41.6 Å². The van der Waals surface area contributed by atoms with E-state index in [1.54, 1.807) is 6.08 Å². The number of aliphatic carboxylic acids is 1. The molecule has 2 aromatic rings. The van der Waals surface area contributed by atoms with Crippen molar-refractivity contribution < 1.29 is 9.90 Å². The van der Waals surface area contributed by atoms with E-state index in [1.165, 1.54) is 0 Å². The summed E-state index contributed by atoms with van der Waals surface area (Å²) in [5.41, 5.74) is 3.13. The van der Waals surface area contributed by atoms with Crippen LogP contribution in [0.2, 0.25) is 0 Å². The van der Waals surface area contributed by atoms with Crippen LogP contribution in [0, 0.1) is 6.92 Å². The van der Waals surface area contributed by atoms with Gasteiger partial charge in [-0.2, -0.15) is 0 Å². The van der Waals surface area contributed by atoms with Crippen LogP contribution in [0.1, 0.15) is 11.1 Å². The molecule has 0 amide bonds. The zero-order chi connectivity index (χ0) is 10.8. The Hall–Kier alpha value is -2.03. The minimum Gasteiger partial charge on any atom is -0.478 e. The van der Waals surface area contributed by atoms with Crippen molar-refractivity contribution >= 4 is 22.9 Å². The van der Waals surface area contributed by atoms with Gasteiger partial charge in [0.15, 0.2) is 0 Å². The van der Waals surface area contributed by atoms with Crippen LogP contribution >= 0.6 is 0 Å². The number of H-pyrrole nitrogens is 1. The molecule has 2 rings (SSSR count). The second-order valence-corrected chi connectivity index (χ2v) is 3.45. The predicted octanol–water partition coefficient (Wildman–Crippen LogP) is 2.57. The van der Waals surface area contributed by atoms with Crippen LogP contribution in [0.4, 0.5) is 0 Å². The first-order chi connectivity index (χ1) is 7.16. The van der Waals surface area contributed by atoms with Gasteiger partial charge in [-0.3, -0.25) is 0 Å². The Balaban J connectivity index is 2.46. The van der Waals surface area contributed by atoms with Crippen molar-refractivity contribution in [2.75, 3.05) is 0 Å². The summed E-state index contributed by atoms with van der Waals surface area (Å²) in [4.78, 5) is 13.5. The quantitative estimate of drug-likeness (QED) is 0.734. The van der Waals surface area contributed by atoms with Gasteiger partial charge in [0.05, 0.1) is 0 Å². The number of hydrogen-bond acceptors (Lipinski definition) is 1. The molecular formula is C12H11NO2. The molecule has 15 heavy (non-hydrogen) atoms. The second-order valence-electron chi connectivity index (χ2n) is 3.45. The Morgan fingerprint density at radius 2 is 2.27 bits per heavy atom. The summed E-state index contributed by atoms with van der Waals surface area (Å²) >= 11 is 0. The molecule has 3 heteroatoms. The standard InChI is InChI=1S/C12H11NO2/c1-8-7-13-11-4-2-9(6-10(8)11)3-5-12(14)15/h2-7,13H,1H3,(H,14,15)/b5-3+. The number of carboxylic acid groups (broad SMARTS) is 1. The van der Waals surface area contributed by atoms with Gasteiger partial charge in [-0.05, 0) is 36.3 Å². The minimum atomic E-state index is -0.930. The van der Waals surface area contributed by atoms with E-state index in [2.05, 4.69) is 4.98 Å². The third-order valence-corrected chi connectivity index (χ3v) is 2.33. The van der Waals surface area contributed by atoms with Gasteiger partial charge in [0.25, 0.3) is 0 Å². The highest BCUT2D eigenvalue weighted by Gasteiger charge is 1.99. The molecule has 0 aliphatic carbocycles. The van der Waals surface area contributed by atoms with E-state index >= 15 is 0 Å². The maximum absolute atomic E-state index is 10.4. The van der Waals surface area contributed by atoms with Crippen molar-refractivity contribution in [3.63, 3.8) is 0 Å². The van der Waals surface area contributed by atoms with Crippen LogP contribution in [0.25, 0.3) is 17.0 Å². The topological polar surface area (TPSA) is 53.1 Å². The lowest BCUT2D eigenvalue weighted by Gasteiger charge is -1.95. The lowest BCUT2D eigenvalue weighted by molar-refractivity contribution is -0.131. The van der Waals surface area contributed by atoms with Crippen LogP contribution in [-0.4, -0.2) is 16.1 Å². The van der Waals surface area contributed by atoms with Gasteiger partial charge in [0.2, 0.25) is 0 Å². The Bertz CT molecular complexity index is 538. The fourth-order valence-corrected chi connectivity index (χ4v) is 1.55. The zero-order valence-corrected chi connectivity index (χ0v) is 8.32. The number of aromatic nitrogens is 1. The average molecular weight is 201 g/mol. The number of aryl methyl sites for hydroxylation is 1. The molecule has 0 aliphatic heterocycles. The van der Waals surface area contributed by atoms with E-state index in [9.17, 15) is 4.79 Å². The van der Waals surface area contributed by atoms with Crippen molar-refractivity contribution in [1.29, 1.82) is 0 Å². The minimum absolute atomic E-state index is 0.896. The number of benzene rings is 1. The highest BCUT2D eigenvalue weighted by Crippen LogP contribution is 2.19. The second kappa shape index (κ2) is 3.61. The Morgan fingerprint density at radius 1 is 1.47 bits per heavy atom. The molecule has 76 valence electrons. The highest BCUT2D eigenvalue weighted by molar-refractivity contribution is 5.88. The maximum atomic E-state index is 10.4. The van der Waals surface area contributed by atoms with Gasteiger partial charge in [-0.15, -0.1) is 0 Å². The van der Waals surface area contributed by atoms with Crippen LogP contribution in [0.15, 0.2) is 30.5 Å². The van der Waals surface area contributed by atoms with Crippen molar-refractivity contribution in [1.82, 2.24) is 4.98 Å². The molecular weight excluding hydrogens is 190 g/mol. The van der Waals surface area contributed by atoms with Gasteiger partial charge in [-0.1, -0.05) is 6.07 Å².